The third kappa shape index (κ3) is 4.10. The number of carbonyl (C=O) groups excluding carboxylic acids is 2. The first-order valence-corrected chi connectivity index (χ1v) is 9.03. The zero-order valence-electron chi connectivity index (χ0n) is 14.9. The van der Waals surface area contributed by atoms with E-state index in [1.807, 2.05) is 24.3 Å². The number of hydrogen-bond donors (Lipinski definition) is 1. The second kappa shape index (κ2) is 8.13. The van der Waals surface area contributed by atoms with Gasteiger partial charge in [0.05, 0.1) is 11.6 Å². The molecule has 1 saturated heterocycles. The number of nitrogens with one attached hydrogen (secondary N) is 1. The van der Waals surface area contributed by atoms with Crippen molar-refractivity contribution in [2.45, 2.75) is 32.6 Å². The molecule has 0 saturated carbocycles. The van der Waals surface area contributed by atoms with Crippen molar-refractivity contribution in [3.63, 3.8) is 0 Å². The van der Waals surface area contributed by atoms with Crippen molar-refractivity contribution >= 4 is 23.2 Å². The van der Waals surface area contributed by atoms with E-state index in [1.165, 1.54) is 17.7 Å². The first kappa shape index (κ1) is 18.1. The molecule has 2 aromatic carbocycles. The lowest BCUT2D eigenvalue weighted by Crippen LogP contribution is -2.28. The summed E-state index contributed by atoms with van der Waals surface area (Å²) in [6, 6.07) is 14.0. The Hall–Kier alpha value is -2.69. The van der Waals surface area contributed by atoms with E-state index >= 15 is 0 Å². The van der Waals surface area contributed by atoms with Crippen molar-refractivity contribution in [3.8, 4) is 0 Å². The quantitative estimate of drug-likeness (QED) is 0.847. The van der Waals surface area contributed by atoms with E-state index in [4.69, 9.17) is 0 Å². The minimum absolute atomic E-state index is 0.0833. The summed E-state index contributed by atoms with van der Waals surface area (Å²) in [6.07, 6.45) is 3.45. The molecule has 1 unspecified atom stereocenters. The molecule has 1 aliphatic rings. The fraction of sp³-hybridized carbons (Fsp3) is 0.333. The smallest absolute Gasteiger partial charge is 0.229 e. The predicted molar refractivity (Wildman–Crippen MR) is 101 cm³/mol. The predicted octanol–water partition coefficient (Wildman–Crippen LogP) is 4.16. The first-order valence-electron chi connectivity index (χ1n) is 9.03. The van der Waals surface area contributed by atoms with Crippen LogP contribution in [-0.2, 0) is 16.0 Å². The average molecular weight is 354 g/mol. The second-order valence-electron chi connectivity index (χ2n) is 6.64. The molecule has 0 spiro atoms. The average Bonchev–Trinajstić information content (AvgIpc) is 3.04. The number of aryl methyl sites for hydroxylation is 1. The molecule has 4 nitrogen and oxygen atoms in total. The Morgan fingerprint density at radius 3 is 2.62 bits per heavy atom. The zero-order chi connectivity index (χ0) is 18.5. The van der Waals surface area contributed by atoms with Gasteiger partial charge in [0, 0.05) is 18.7 Å². The van der Waals surface area contributed by atoms with Crippen LogP contribution in [0.5, 0.6) is 0 Å². The van der Waals surface area contributed by atoms with Crippen LogP contribution in [0.4, 0.5) is 15.8 Å². The summed E-state index contributed by atoms with van der Waals surface area (Å²) in [5.41, 5.74) is 2.19. The van der Waals surface area contributed by atoms with Crippen LogP contribution >= 0.6 is 0 Å². The fourth-order valence-corrected chi connectivity index (χ4v) is 3.15. The van der Waals surface area contributed by atoms with Crippen LogP contribution in [0.3, 0.4) is 0 Å². The lowest BCUT2D eigenvalue weighted by Gasteiger charge is -2.17. The number of unbranched alkanes of at least 4 members (excludes halogenated alkanes) is 1. The highest BCUT2D eigenvalue weighted by molar-refractivity contribution is 6.03. The zero-order valence-corrected chi connectivity index (χ0v) is 14.9. The van der Waals surface area contributed by atoms with Gasteiger partial charge in [0.2, 0.25) is 11.8 Å². The van der Waals surface area contributed by atoms with Crippen LogP contribution in [0, 0.1) is 11.7 Å². The van der Waals surface area contributed by atoms with Crippen LogP contribution in [0.25, 0.3) is 0 Å². The van der Waals surface area contributed by atoms with Crippen LogP contribution in [-0.4, -0.2) is 18.4 Å². The maximum atomic E-state index is 13.7. The Morgan fingerprint density at radius 2 is 1.92 bits per heavy atom. The van der Waals surface area contributed by atoms with Gasteiger partial charge >= 0.3 is 0 Å². The Balaban J connectivity index is 1.64. The number of halogens is 1. The number of hydrogen-bond acceptors (Lipinski definition) is 2. The molecule has 0 bridgehead atoms. The summed E-state index contributed by atoms with van der Waals surface area (Å²) in [4.78, 5) is 26.4. The van der Waals surface area contributed by atoms with Gasteiger partial charge in [-0.3, -0.25) is 9.59 Å². The number of nitrogens with zero attached hydrogens (tertiary/aromatic N) is 1. The molecule has 0 aromatic heterocycles. The van der Waals surface area contributed by atoms with Crippen molar-refractivity contribution in [2.24, 2.45) is 5.92 Å². The first-order chi connectivity index (χ1) is 12.6. The van der Waals surface area contributed by atoms with Crippen molar-refractivity contribution < 1.29 is 14.0 Å². The molecule has 2 aromatic rings. The number of rotatable bonds is 6. The molecule has 3 rings (SSSR count). The highest BCUT2D eigenvalue weighted by Crippen LogP contribution is 2.27. The molecule has 5 heteroatoms. The topological polar surface area (TPSA) is 49.4 Å². The third-order valence-corrected chi connectivity index (χ3v) is 4.69. The van der Waals surface area contributed by atoms with Gasteiger partial charge in [0.15, 0.2) is 0 Å². The second-order valence-corrected chi connectivity index (χ2v) is 6.64. The molecule has 26 heavy (non-hydrogen) atoms. The van der Waals surface area contributed by atoms with Gasteiger partial charge < -0.3 is 10.2 Å². The van der Waals surface area contributed by atoms with Crippen molar-refractivity contribution in [3.05, 3.63) is 59.9 Å². The van der Waals surface area contributed by atoms with E-state index in [1.54, 1.807) is 17.0 Å². The molecule has 1 atom stereocenters. The van der Waals surface area contributed by atoms with Gasteiger partial charge in [-0.05, 0) is 42.7 Å². The molecular formula is C21H23FN2O2. The Morgan fingerprint density at radius 1 is 1.19 bits per heavy atom. The van der Waals surface area contributed by atoms with E-state index in [9.17, 15) is 14.0 Å². The Kier molecular flexibility index (Phi) is 5.66. The normalized spacial score (nSPS) is 16.8. The summed E-state index contributed by atoms with van der Waals surface area (Å²) in [5.74, 6) is -1.38. The van der Waals surface area contributed by atoms with E-state index < -0.39 is 11.7 Å². The lowest BCUT2D eigenvalue weighted by atomic mass is 10.1. The fourth-order valence-electron chi connectivity index (χ4n) is 3.15. The molecule has 1 heterocycles. The van der Waals surface area contributed by atoms with Gasteiger partial charge in [-0.2, -0.15) is 0 Å². The van der Waals surface area contributed by atoms with Crippen LogP contribution < -0.4 is 10.2 Å². The molecule has 0 radical (unpaired) electrons. The van der Waals surface area contributed by atoms with E-state index in [0.29, 0.717) is 6.54 Å². The number of amides is 2. The lowest BCUT2D eigenvalue weighted by molar-refractivity contribution is -0.122. The van der Waals surface area contributed by atoms with Gasteiger partial charge in [0.25, 0.3) is 0 Å². The SMILES string of the molecule is CCCCc1ccc(N2CC(C(=O)Nc3ccccc3F)CC2=O)cc1. The highest BCUT2D eigenvalue weighted by Gasteiger charge is 2.35. The molecule has 1 N–H and O–H groups in total. The van der Waals surface area contributed by atoms with Crippen LogP contribution in [0.1, 0.15) is 31.7 Å². The van der Waals surface area contributed by atoms with Crippen molar-refractivity contribution in [1.29, 1.82) is 0 Å². The molecule has 136 valence electrons. The number of carbonyl (C=O) groups is 2. The van der Waals surface area contributed by atoms with E-state index in [-0.39, 0.29) is 23.9 Å². The maximum absolute atomic E-state index is 13.7. The Bertz CT molecular complexity index is 789. The van der Waals surface area contributed by atoms with E-state index in [0.717, 1.165) is 24.9 Å². The number of anilines is 2. The van der Waals surface area contributed by atoms with Gasteiger partial charge in [-0.25, -0.2) is 4.39 Å². The van der Waals surface area contributed by atoms with Crippen LogP contribution in [0.2, 0.25) is 0 Å². The van der Waals surface area contributed by atoms with Crippen molar-refractivity contribution in [1.82, 2.24) is 0 Å². The molecule has 1 aliphatic heterocycles. The highest BCUT2D eigenvalue weighted by atomic mass is 19.1. The maximum Gasteiger partial charge on any atom is 0.229 e. The van der Waals surface area contributed by atoms with Crippen LogP contribution in [0.15, 0.2) is 48.5 Å². The summed E-state index contributed by atoms with van der Waals surface area (Å²) >= 11 is 0. The van der Waals surface area contributed by atoms with Crippen molar-refractivity contribution in [2.75, 3.05) is 16.8 Å². The minimum atomic E-state index is -0.484. The Labute approximate surface area is 153 Å². The summed E-state index contributed by atoms with van der Waals surface area (Å²) in [5, 5.41) is 2.58. The standard InChI is InChI=1S/C21H23FN2O2/c1-2-3-6-15-9-11-17(12-10-15)24-14-16(13-20(24)25)21(26)23-19-8-5-4-7-18(19)22/h4-5,7-12,16H,2-3,6,13-14H2,1H3,(H,23,26). The molecule has 0 aliphatic carbocycles. The van der Waals surface area contributed by atoms with Gasteiger partial charge in [0.1, 0.15) is 5.82 Å². The number of para-hydroxylation sites is 1. The minimum Gasteiger partial charge on any atom is -0.323 e. The third-order valence-electron chi connectivity index (χ3n) is 4.69. The molecule has 1 fully saturated rings. The van der Waals surface area contributed by atoms with Gasteiger partial charge in [-0.15, -0.1) is 0 Å². The monoisotopic (exact) mass is 354 g/mol. The molecular weight excluding hydrogens is 331 g/mol. The summed E-state index contributed by atoms with van der Waals surface area (Å²) in [7, 11) is 0. The number of benzene rings is 2. The summed E-state index contributed by atoms with van der Waals surface area (Å²) < 4.78 is 13.7. The molecule has 2 amide bonds. The largest absolute Gasteiger partial charge is 0.323 e. The van der Waals surface area contributed by atoms with Gasteiger partial charge in [-0.1, -0.05) is 37.6 Å². The van der Waals surface area contributed by atoms with E-state index in [2.05, 4.69) is 12.2 Å². The summed E-state index contributed by atoms with van der Waals surface area (Å²) in [6.45, 7) is 2.47.